The molecule has 0 saturated carbocycles. The van der Waals surface area contributed by atoms with Crippen molar-refractivity contribution in [2.45, 2.75) is 43.9 Å². The number of carboxylic acids is 1. The molecule has 6 nitrogen and oxygen atoms in total. The summed E-state index contributed by atoms with van der Waals surface area (Å²) in [5.74, 6) is -1.66. The van der Waals surface area contributed by atoms with Gasteiger partial charge in [-0.1, -0.05) is 121 Å². The second-order valence-corrected chi connectivity index (χ2v) is 12.3. The number of amides is 2. The quantitative estimate of drug-likeness (QED) is 0.113. The third-order valence-corrected chi connectivity index (χ3v) is 8.86. The first kappa shape index (κ1) is 33.5. The smallest absolute Gasteiger partial charge is 0.327 e. The van der Waals surface area contributed by atoms with Crippen LogP contribution in [-0.2, 0) is 39.4 Å². The number of hydrogen-bond acceptors (Lipinski definition) is 4. The molecule has 2 amide bonds. The van der Waals surface area contributed by atoms with Crippen molar-refractivity contribution in [3.63, 3.8) is 0 Å². The van der Waals surface area contributed by atoms with Gasteiger partial charge in [0.2, 0.25) is 11.8 Å². The summed E-state index contributed by atoms with van der Waals surface area (Å²) in [6.45, 7) is 0.536. The van der Waals surface area contributed by atoms with Crippen LogP contribution in [0, 0.1) is 11.8 Å². The van der Waals surface area contributed by atoms with Gasteiger partial charge in [0.15, 0.2) is 0 Å². The van der Waals surface area contributed by atoms with Gasteiger partial charge in [-0.3, -0.25) is 9.59 Å². The molecule has 0 spiro atoms. The first-order valence-electron chi connectivity index (χ1n) is 15.5. The van der Waals surface area contributed by atoms with Crippen molar-refractivity contribution in [2.24, 2.45) is 11.8 Å². The van der Waals surface area contributed by atoms with Gasteiger partial charge in [0, 0.05) is 29.9 Å². The summed E-state index contributed by atoms with van der Waals surface area (Å²) in [5, 5.41) is 15.9. The minimum atomic E-state index is -1.07. The molecule has 0 radical (unpaired) electrons. The number of carboxylic acid groups (broad SMARTS) is 1. The van der Waals surface area contributed by atoms with Gasteiger partial charge in [-0.25, -0.2) is 4.79 Å². The van der Waals surface area contributed by atoms with Crippen molar-refractivity contribution in [1.29, 1.82) is 0 Å². The Morgan fingerprint density at radius 3 is 1.60 bits per heavy atom. The molecule has 0 fully saturated rings. The van der Waals surface area contributed by atoms with Gasteiger partial charge in [-0.2, -0.15) is 11.8 Å². The van der Waals surface area contributed by atoms with E-state index in [0.717, 1.165) is 29.5 Å². The lowest BCUT2D eigenvalue weighted by atomic mass is 9.84. The monoisotopic (exact) mass is 622 g/mol. The van der Waals surface area contributed by atoms with Crippen LogP contribution in [0.15, 0.2) is 121 Å². The predicted octanol–water partition coefficient (Wildman–Crippen LogP) is 6.35. The summed E-state index contributed by atoms with van der Waals surface area (Å²) >= 11 is 1.47. The summed E-state index contributed by atoms with van der Waals surface area (Å²) in [4.78, 5) is 39.6. The molecule has 0 aliphatic heterocycles. The van der Waals surface area contributed by atoms with Crippen LogP contribution >= 0.6 is 11.8 Å². The highest BCUT2D eigenvalue weighted by Gasteiger charge is 2.30. The molecule has 0 saturated heterocycles. The van der Waals surface area contributed by atoms with Crippen LogP contribution in [0.4, 0.5) is 0 Å². The van der Waals surface area contributed by atoms with E-state index in [1.165, 1.54) is 17.3 Å². The zero-order chi connectivity index (χ0) is 31.7. The predicted molar refractivity (Wildman–Crippen MR) is 182 cm³/mol. The molecule has 3 N–H and O–H groups in total. The Labute approximate surface area is 270 Å². The van der Waals surface area contributed by atoms with Crippen LogP contribution in [0.1, 0.15) is 35.1 Å². The second kappa shape index (κ2) is 18.4. The molecule has 4 aromatic carbocycles. The summed E-state index contributed by atoms with van der Waals surface area (Å²) in [6, 6.07) is 38.5. The van der Waals surface area contributed by atoms with Crippen LogP contribution in [-0.4, -0.2) is 41.2 Å². The van der Waals surface area contributed by atoms with Crippen molar-refractivity contribution in [2.75, 3.05) is 12.3 Å². The third-order valence-electron chi connectivity index (χ3n) is 7.76. The molecule has 0 bridgehead atoms. The lowest BCUT2D eigenvalue weighted by Gasteiger charge is -2.25. The highest BCUT2D eigenvalue weighted by molar-refractivity contribution is 7.98. The average molecular weight is 623 g/mol. The number of aryl methyl sites for hydroxylation is 1. The summed E-state index contributed by atoms with van der Waals surface area (Å²) in [5.41, 5.74) is 4.30. The van der Waals surface area contributed by atoms with Crippen LogP contribution in [0.5, 0.6) is 0 Å². The van der Waals surface area contributed by atoms with E-state index >= 15 is 0 Å². The first-order chi connectivity index (χ1) is 22.0. The molecule has 234 valence electrons. The number of benzene rings is 4. The fourth-order valence-corrected chi connectivity index (χ4v) is 6.34. The van der Waals surface area contributed by atoms with E-state index in [9.17, 15) is 19.5 Å². The molecule has 4 rings (SSSR count). The number of nitrogens with one attached hydrogen (secondary N) is 2. The van der Waals surface area contributed by atoms with E-state index in [0.29, 0.717) is 31.6 Å². The van der Waals surface area contributed by atoms with E-state index in [1.54, 1.807) is 0 Å². The minimum absolute atomic E-state index is 0.0917. The van der Waals surface area contributed by atoms with Crippen molar-refractivity contribution in [3.05, 3.63) is 144 Å². The molecule has 0 heterocycles. The van der Waals surface area contributed by atoms with Gasteiger partial charge in [0.05, 0.1) is 0 Å². The Morgan fingerprint density at radius 2 is 1.09 bits per heavy atom. The van der Waals surface area contributed by atoms with E-state index in [1.807, 2.05) is 109 Å². The fraction of sp³-hybridized carbons (Fsp3) is 0.289. The molecule has 3 atom stereocenters. The van der Waals surface area contributed by atoms with Gasteiger partial charge in [-0.15, -0.1) is 0 Å². The fourth-order valence-electron chi connectivity index (χ4n) is 5.33. The standard InChI is InChI=1S/C38H42N2O4S/c41-36(39-23-13-22-29-14-5-1-6-15-29)33(24-30-16-7-2-8-17-30)26-34(25-31-18-9-3-10-19-31)37(42)40-35(38(43)44)28-45-27-32-20-11-4-12-21-32/h1-12,14-21,33-35H,13,22-28H2,(H,39,41)(H,40,42)(H,43,44)/t33-,34-,35+/m1/s1. The van der Waals surface area contributed by atoms with Gasteiger partial charge in [0.25, 0.3) is 0 Å². The van der Waals surface area contributed by atoms with Gasteiger partial charge >= 0.3 is 5.97 Å². The minimum Gasteiger partial charge on any atom is -0.480 e. The normalized spacial score (nSPS) is 12.9. The highest BCUT2D eigenvalue weighted by Crippen LogP contribution is 2.23. The van der Waals surface area contributed by atoms with E-state index in [2.05, 4.69) is 22.8 Å². The van der Waals surface area contributed by atoms with Crippen LogP contribution in [0.3, 0.4) is 0 Å². The molecule has 4 aromatic rings. The lowest BCUT2D eigenvalue weighted by Crippen LogP contribution is -2.46. The summed E-state index contributed by atoms with van der Waals surface area (Å²) < 4.78 is 0. The van der Waals surface area contributed by atoms with Gasteiger partial charge < -0.3 is 15.7 Å². The number of aliphatic carboxylic acids is 1. The van der Waals surface area contributed by atoms with Gasteiger partial charge in [0.1, 0.15) is 6.04 Å². The topological polar surface area (TPSA) is 95.5 Å². The third kappa shape index (κ3) is 11.9. The van der Waals surface area contributed by atoms with E-state index < -0.39 is 23.8 Å². The zero-order valence-electron chi connectivity index (χ0n) is 25.5. The molecular formula is C38H42N2O4S. The molecule has 45 heavy (non-hydrogen) atoms. The Hall–Kier alpha value is -4.36. The first-order valence-corrected chi connectivity index (χ1v) is 16.7. The van der Waals surface area contributed by atoms with Crippen molar-refractivity contribution >= 4 is 29.5 Å². The maximum Gasteiger partial charge on any atom is 0.327 e. The molecule has 7 heteroatoms. The lowest BCUT2D eigenvalue weighted by molar-refractivity contribution is -0.142. The van der Waals surface area contributed by atoms with Gasteiger partial charge in [-0.05, 0) is 54.4 Å². The van der Waals surface area contributed by atoms with E-state index in [-0.39, 0.29) is 17.6 Å². The Morgan fingerprint density at radius 1 is 0.622 bits per heavy atom. The summed E-state index contributed by atoms with van der Waals surface area (Å²) in [7, 11) is 0. The van der Waals surface area contributed by atoms with Crippen LogP contribution in [0.25, 0.3) is 0 Å². The maximum absolute atomic E-state index is 13.8. The largest absolute Gasteiger partial charge is 0.480 e. The zero-order valence-corrected chi connectivity index (χ0v) is 26.3. The van der Waals surface area contributed by atoms with Crippen LogP contribution < -0.4 is 10.6 Å². The Balaban J connectivity index is 1.45. The Bertz CT molecular complexity index is 1450. The number of thioether (sulfide) groups is 1. The number of hydrogen-bond donors (Lipinski definition) is 3. The molecule has 0 unspecified atom stereocenters. The number of carbonyl (C=O) groups excluding carboxylic acids is 2. The molecular weight excluding hydrogens is 580 g/mol. The van der Waals surface area contributed by atoms with Crippen LogP contribution in [0.2, 0.25) is 0 Å². The molecule has 0 aliphatic carbocycles. The highest BCUT2D eigenvalue weighted by atomic mass is 32.2. The van der Waals surface area contributed by atoms with Crippen molar-refractivity contribution < 1.29 is 19.5 Å². The second-order valence-electron chi connectivity index (χ2n) is 11.3. The molecule has 0 aromatic heterocycles. The van der Waals surface area contributed by atoms with Crippen molar-refractivity contribution in [1.82, 2.24) is 10.6 Å². The van der Waals surface area contributed by atoms with Crippen molar-refractivity contribution in [3.8, 4) is 0 Å². The maximum atomic E-state index is 13.8. The summed E-state index contributed by atoms with van der Waals surface area (Å²) in [6.07, 6.45) is 2.86. The number of rotatable bonds is 18. The molecule has 0 aliphatic rings. The number of carbonyl (C=O) groups is 3. The van der Waals surface area contributed by atoms with E-state index in [4.69, 9.17) is 0 Å². The average Bonchev–Trinajstić information content (AvgIpc) is 3.07. The SMILES string of the molecule is O=C(NCCCc1ccccc1)[C@H](Cc1ccccc1)C[C@@H](Cc1ccccc1)C(=O)N[C@@H](CSCc1ccccc1)C(=O)O. The Kier molecular flexibility index (Phi) is 13.7.